The number of benzene rings is 2. The van der Waals surface area contributed by atoms with Gasteiger partial charge in [0, 0.05) is 62.0 Å². The largest absolute Gasteiger partial charge is 0.465 e. The maximum atomic E-state index is 14.6. The maximum Gasteiger partial charge on any atom is 0.407 e. The number of piperidine rings is 1. The van der Waals surface area contributed by atoms with Crippen LogP contribution < -0.4 is 4.90 Å². The van der Waals surface area contributed by atoms with E-state index in [1.165, 1.54) is 17.0 Å². The molecular formula is C24H26ClF2N3O3. The highest BCUT2D eigenvalue weighted by molar-refractivity contribution is 6.30. The van der Waals surface area contributed by atoms with Crippen molar-refractivity contribution in [2.45, 2.75) is 19.3 Å². The molecule has 6 nitrogen and oxygen atoms in total. The summed E-state index contributed by atoms with van der Waals surface area (Å²) < 4.78 is 28.0. The molecule has 9 heteroatoms. The van der Waals surface area contributed by atoms with Crippen molar-refractivity contribution in [1.82, 2.24) is 9.80 Å². The lowest BCUT2D eigenvalue weighted by atomic mass is 9.79. The molecule has 2 aliphatic heterocycles. The Labute approximate surface area is 196 Å². The number of rotatable bonds is 3. The first-order valence-corrected chi connectivity index (χ1v) is 11.3. The van der Waals surface area contributed by atoms with Crippen LogP contribution in [-0.4, -0.2) is 66.2 Å². The summed E-state index contributed by atoms with van der Waals surface area (Å²) in [6.07, 6.45) is -0.806. The Kier molecular flexibility index (Phi) is 6.74. The first-order valence-electron chi connectivity index (χ1n) is 11.0. The van der Waals surface area contributed by atoms with Gasteiger partial charge >= 0.3 is 6.09 Å². The molecule has 33 heavy (non-hydrogen) atoms. The Balaban J connectivity index is 1.52. The predicted octanol–water partition coefficient (Wildman–Crippen LogP) is 4.36. The van der Waals surface area contributed by atoms with Crippen LogP contribution in [0.15, 0.2) is 36.4 Å². The first kappa shape index (κ1) is 23.3. The SMILES string of the molecule is Cc1ccc(Cl)cc1N1CCN(C(=O)[C@H]2CN(C(=O)O)CC[C@H]2c2ccc(F)cc2F)CC1. The number of amides is 2. The molecule has 2 aromatic carbocycles. The van der Waals surface area contributed by atoms with Gasteiger partial charge in [-0.1, -0.05) is 23.7 Å². The maximum absolute atomic E-state index is 14.6. The molecule has 2 aromatic rings. The molecule has 0 aromatic heterocycles. The lowest BCUT2D eigenvalue weighted by molar-refractivity contribution is -0.138. The lowest BCUT2D eigenvalue weighted by Crippen LogP contribution is -2.54. The fourth-order valence-electron chi connectivity index (χ4n) is 4.88. The topological polar surface area (TPSA) is 64.1 Å². The van der Waals surface area contributed by atoms with Crippen molar-refractivity contribution in [2.24, 2.45) is 5.92 Å². The van der Waals surface area contributed by atoms with E-state index in [0.29, 0.717) is 37.6 Å². The number of anilines is 1. The van der Waals surface area contributed by atoms with Gasteiger partial charge in [0.15, 0.2) is 0 Å². The Morgan fingerprint density at radius 2 is 1.73 bits per heavy atom. The Morgan fingerprint density at radius 1 is 1.00 bits per heavy atom. The van der Waals surface area contributed by atoms with E-state index in [1.54, 1.807) is 4.90 Å². The number of carboxylic acid groups (broad SMARTS) is 1. The van der Waals surface area contributed by atoms with Crippen LogP contribution in [0, 0.1) is 24.5 Å². The second-order valence-electron chi connectivity index (χ2n) is 8.64. The van der Waals surface area contributed by atoms with E-state index >= 15 is 0 Å². The number of nitrogens with zero attached hydrogens (tertiary/aromatic N) is 3. The molecule has 2 heterocycles. The standard InChI is InChI=1S/C24H26ClF2N3O3/c1-15-2-3-16(25)12-22(15)28-8-10-29(11-9-28)23(31)20-14-30(24(32)33)7-6-18(20)19-5-4-17(26)13-21(19)27/h2-5,12-13,18,20H,6-11,14H2,1H3,(H,32,33)/t18-,20-/m0/s1. The van der Waals surface area contributed by atoms with Crippen molar-refractivity contribution in [3.8, 4) is 0 Å². The molecule has 4 rings (SSSR count). The van der Waals surface area contributed by atoms with Crippen LogP contribution in [0.4, 0.5) is 19.3 Å². The van der Waals surface area contributed by atoms with Gasteiger partial charge in [-0.05, 0) is 42.7 Å². The molecule has 0 bridgehead atoms. The molecule has 2 fully saturated rings. The molecule has 0 spiro atoms. The minimum absolute atomic E-state index is 0.0106. The summed E-state index contributed by atoms with van der Waals surface area (Å²) in [5, 5.41) is 10.1. The number of carbonyl (C=O) groups excluding carboxylic acids is 1. The van der Waals surface area contributed by atoms with Crippen molar-refractivity contribution < 1.29 is 23.5 Å². The summed E-state index contributed by atoms with van der Waals surface area (Å²) in [5.74, 6) is -2.83. The van der Waals surface area contributed by atoms with E-state index < -0.39 is 29.6 Å². The van der Waals surface area contributed by atoms with Crippen LogP contribution in [0.25, 0.3) is 0 Å². The fourth-order valence-corrected chi connectivity index (χ4v) is 5.04. The zero-order valence-corrected chi connectivity index (χ0v) is 19.1. The number of carbonyl (C=O) groups is 2. The number of halogens is 3. The van der Waals surface area contributed by atoms with Crippen molar-refractivity contribution in [3.05, 3.63) is 64.2 Å². The third-order valence-electron chi connectivity index (χ3n) is 6.67. The number of hydrogen-bond donors (Lipinski definition) is 1. The zero-order valence-electron chi connectivity index (χ0n) is 18.3. The summed E-state index contributed by atoms with van der Waals surface area (Å²) in [5.41, 5.74) is 2.37. The Bertz CT molecular complexity index is 1060. The van der Waals surface area contributed by atoms with Crippen LogP contribution in [-0.2, 0) is 4.79 Å². The first-order chi connectivity index (χ1) is 15.7. The van der Waals surface area contributed by atoms with E-state index in [0.717, 1.165) is 17.3 Å². The molecular weight excluding hydrogens is 452 g/mol. The fraction of sp³-hybridized carbons (Fsp3) is 0.417. The molecule has 0 unspecified atom stereocenters. The van der Waals surface area contributed by atoms with Gasteiger partial charge in [-0.25, -0.2) is 13.6 Å². The molecule has 2 atom stereocenters. The van der Waals surface area contributed by atoms with Crippen LogP contribution in [0.5, 0.6) is 0 Å². The molecule has 2 aliphatic rings. The van der Waals surface area contributed by atoms with E-state index in [-0.39, 0.29) is 24.6 Å². The lowest BCUT2D eigenvalue weighted by Gasteiger charge is -2.42. The monoisotopic (exact) mass is 477 g/mol. The summed E-state index contributed by atoms with van der Waals surface area (Å²) >= 11 is 6.15. The van der Waals surface area contributed by atoms with Gasteiger partial charge in [-0.2, -0.15) is 0 Å². The molecule has 0 saturated carbocycles. The van der Waals surface area contributed by atoms with Crippen molar-refractivity contribution >= 4 is 29.3 Å². The van der Waals surface area contributed by atoms with Crippen LogP contribution in [0.2, 0.25) is 5.02 Å². The highest BCUT2D eigenvalue weighted by atomic mass is 35.5. The van der Waals surface area contributed by atoms with Gasteiger partial charge in [0.25, 0.3) is 0 Å². The summed E-state index contributed by atoms with van der Waals surface area (Å²) in [6, 6.07) is 9.06. The summed E-state index contributed by atoms with van der Waals surface area (Å²) in [6.45, 7) is 4.34. The van der Waals surface area contributed by atoms with Gasteiger partial charge in [-0.3, -0.25) is 4.79 Å². The average Bonchev–Trinajstić information content (AvgIpc) is 2.80. The number of piperazine rings is 1. The summed E-state index contributed by atoms with van der Waals surface area (Å²) in [7, 11) is 0. The van der Waals surface area contributed by atoms with Gasteiger partial charge < -0.3 is 19.8 Å². The normalized spacial score (nSPS) is 21.3. The average molecular weight is 478 g/mol. The predicted molar refractivity (Wildman–Crippen MR) is 122 cm³/mol. The minimum atomic E-state index is -1.10. The molecule has 1 N–H and O–H groups in total. The van der Waals surface area contributed by atoms with E-state index in [1.807, 2.05) is 25.1 Å². The number of aryl methyl sites for hydroxylation is 1. The highest BCUT2D eigenvalue weighted by Crippen LogP contribution is 2.36. The van der Waals surface area contributed by atoms with Crippen molar-refractivity contribution in [3.63, 3.8) is 0 Å². The Morgan fingerprint density at radius 3 is 2.39 bits per heavy atom. The van der Waals surface area contributed by atoms with Crippen LogP contribution in [0.3, 0.4) is 0 Å². The molecule has 176 valence electrons. The second-order valence-corrected chi connectivity index (χ2v) is 9.08. The third-order valence-corrected chi connectivity index (χ3v) is 6.90. The molecule has 2 saturated heterocycles. The number of likely N-dealkylation sites (tertiary alicyclic amines) is 1. The van der Waals surface area contributed by atoms with Gasteiger partial charge in [0.2, 0.25) is 5.91 Å². The van der Waals surface area contributed by atoms with E-state index in [2.05, 4.69) is 4.90 Å². The Hall–Kier alpha value is -2.87. The van der Waals surface area contributed by atoms with Gasteiger partial charge in [0.05, 0.1) is 5.92 Å². The van der Waals surface area contributed by atoms with E-state index in [9.17, 15) is 23.5 Å². The van der Waals surface area contributed by atoms with Crippen LogP contribution in [0.1, 0.15) is 23.5 Å². The zero-order chi connectivity index (χ0) is 23.7. The summed E-state index contributed by atoms with van der Waals surface area (Å²) in [4.78, 5) is 30.2. The quantitative estimate of drug-likeness (QED) is 0.713. The highest BCUT2D eigenvalue weighted by Gasteiger charge is 2.40. The smallest absolute Gasteiger partial charge is 0.407 e. The second kappa shape index (κ2) is 9.55. The third kappa shape index (κ3) is 4.90. The van der Waals surface area contributed by atoms with Gasteiger partial charge in [-0.15, -0.1) is 0 Å². The molecule has 2 amide bonds. The molecule has 0 radical (unpaired) electrons. The van der Waals surface area contributed by atoms with Gasteiger partial charge in [0.1, 0.15) is 11.6 Å². The van der Waals surface area contributed by atoms with E-state index in [4.69, 9.17) is 11.6 Å². The minimum Gasteiger partial charge on any atom is -0.465 e. The van der Waals surface area contributed by atoms with Crippen LogP contribution >= 0.6 is 11.6 Å². The van der Waals surface area contributed by atoms with Crippen molar-refractivity contribution in [1.29, 1.82) is 0 Å². The van der Waals surface area contributed by atoms with Crippen molar-refractivity contribution in [2.75, 3.05) is 44.2 Å². The number of hydrogen-bond acceptors (Lipinski definition) is 3. The molecule has 0 aliphatic carbocycles.